The Morgan fingerprint density at radius 2 is 2.33 bits per heavy atom. The van der Waals surface area contributed by atoms with Gasteiger partial charge in [-0.15, -0.1) is 0 Å². The highest BCUT2D eigenvalue weighted by Gasteiger charge is 2.13. The Balaban J connectivity index is 2.91. The third kappa shape index (κ3) is 1.62. The second-order valence-electron chi connectivity index (χ2n) is 2.61. The van der Waals surface area contributed by atoms with E-state index in [1.807, 2.05) is 6.92 Å². The minimum atomic E-state index is -0.706. The lowest BCUT2D eigenvalue weighted by molar-refractivity contribution is 0.171. The van der Waals surface area contributed by atoms with Gasteiger partial charge in [0.05, 0.1) is 0 Å². The molecule has 3 N–H and O–H groups in total. The zero-order valence-electron chi connectivity index (χ0n) is 7.36. The van der Waals surface area contributed by atoms with Gasteiger partial charge in [-0.25, -0.2) is 4.98 Å². The number of nitrogens with two attached hydrogens (primary N) is 1. The molecule has 12 heavy (non-hydrogen) atoms. The van der Waals surface area contributed by atoms with Crippen molar-refractivity contribution in [2.45, 2.75) is 19.4 Å². The molecule has 0 aliphatic carbocycles. The first-order chi connectivity index (χ1) is 5.69. The van der Waals surface area contributed by atoms with Crippen molar-refractivity contribution in [3.63, 3.8) is 0 Å². The van der Waals surface area contributed by atoms with Crippen molar-refractivity contribution in [3.8, 4) is 0 Å². The molecule has 1 unspecified atom stereocenters. The Morgan fingerprint density at radius 1 is 1.67 bits per heavy atom. The highest BCUT2D eigenvalue weighted by Crippen LogP contribution is 2.07. The van der Waals surface area contributed by atoms with E-state index in [-0.39, 0.29) is 6.54 Å². The van der Waals surface area contributed by atoms with Gasteiger partial charge in [0, 0.05) is 20.0 Å². The van der Waals surface area contributed by atoms with Crippen LogP contribution in [0.25, 0.3) is 0 Å². The second kappa shape index (κ2) is 3.64. The quantitative estimate of drug-likeness (QED) is 0.633. The Labute approximate surface area is 71.2 Å². The zero-order valence-corrected chi connectivity index (χ0v) is 7.36. The van der Waals surface area contributed by atoms with Crippen LogP contribution in [0.1, 0.15) is 24.7 Å². The summed E-state index contributed by atoms with van der Waals surface area (Å²) in [7, 11) is 1.75. The molecule has 0 bridgehead atoms. The van der Waals surface area contributed by atoms with Gasteiger partial charge in [0.1, 0.15) is 6.10 Å². The highest BCUT2D eigenvalue weighted by molar-refractivity contribution is 4.96. The van der Waals surface area contributed by atoms with E-state index in [1.165, 1.54) is 0 Å². The molecule has 1 atom stereocenters. The van der Waals surface area contributed by atoms with Crippen LogP contribution in [0.15, 0.2) is 0 Å². The summed E-state index contributed by atoms with van der Waals surface area (Å²) >= 11 is 0. The van der Waals surface area contributed by atoms with Crippen LogP contribution < -0.4 is 5.73 Å². The molecule has 5 nitrogen and oxygen atoms in total. The number of aliphatic hydroxyl groups excluding tert-OH is 1. The predicted octanol–water partition coefficient (Wildman–Crippen LogP) is -0.630. The Morgan fingerprint density at radius 3 is 2.75 bits per heavy atom. The van der Waals surface area contributed by atoms with Crippen molar-refractivity contribution in [2.24, 2.45) is 12.8 Å². The normalized spacial score (nSPS) is 13.3. The molecular weight excluding hydrogens is 156 g/mol. The van der Waals surface area contributed by atoms with Gasteiger partial charge in [-0.2, -0.15) is 5.10 Å². The summed E-state index contributed by atoms with van der Waals surface area (Å²) in [6, 6.07) is 0. The van der Waals surface area contributed by atoms with Crippen molar-refractivity contribution in [1.29, 1.82) is 0 Å². The predicted molar refractivity (Wildman–Crippen MR) is 44.4 cm³/mol. The molecule has 0 aromatic carbocycles. The molecule has 0 spiro atoms. The first-order valence-electron chi connectivity index (χ1n) is 3.97. The zero-order chi connectivity index (χ0) is 9.14. The van der Waals surface area contributed by atoms with Crippen LogP contribution in [0.2, 0.25) is 0 Å². The third-order valence-electron chi connectivity index (χ3n) is 1.68. The number of aryl methyl sites for hydroxylation is 2. The van der Waals surface area contributed by atoms with Crippen LogP contribution >= 0.6 is 0 Å². The molecule has 0 aliphatic heterocycles. The monoisotopic (exact) mass is 170 g/mol. The van der Waals surface area contributed by atoms with E-state index in [9.17, 15) is 5.11 Å². The molecule has 0 aliphatic rings. The second-order valence-corrected chi connectivity index (χ2v) is 2.61. The lowest BCUT2D eigenvalue weighted by atomic mass is 10.3. The van der Waals surface area contributed by atoms with E-state index in [2.05, 4.69) is 10.1 Å². The first kappa shape index (κ1) is 9.15. The third-order valence-corrected chi connectivity index (χ3v) is 1.68. The smallest absolute Gasteiger partial charge is 0.157 e. The molecule has 0 saturated carbocycles. The average molecular weight is 170 g/mol. The van der Waals surface area contributed by atoms with E-state index >= 15 is 0 Å². The topological polar surface area (TPSA) is 77.0 Å². The minimum absolute atomic E-state index is 0.176. The molecule has 0 fully saturated rings. The van der Waals surface area contributed by atoms with E-state index in [1.54, 1.807) is 11.7 Å². The van der Waals surface area contributed by atoms with Crippen molar-refractivity contribution in [1.82, 2.24) is 14.8 Å². The van der Waals surface area contributed by atoms with Gasteiger partial charge in [-0.1, -0.05) is 6.92 Å². The Kier molecular flexibility index (Phi) is 2.78. The summed E-state index contributed by atoms with van der Waals surface area (Å²) in [6.07, 6.45) is 0.0632. The maximum Gasteiger partial charge on any atom is 0.157 e. The number of hydrogen-bond donors (Lipinski definition) is 2. The van der Waals surface area contributed by atoms with Gasteiger partial charge in [0.15, 0.2) is 11.6 Å². The Bertz CT molecular complexity index is 258. The van der Waals surface area contributed by atoms with Gasteiger partial charge in [0.25, 0.3) is 0 Å². The lowest BCUT2D eigenvalue weighted by Gasteiger charge is -2.04. The standard InChI is InChI=1S/C7H14N4O/c1-3-6-9-7(5(12)4-8)11(2)10-6/h5,12H,3-4,8H2,1-2H3. The van der Waals surface area contributed by atoms with Gasteiger partial charge in [0.2, 0.25) is 0 Å². The molecule has 0 saturated heterocycles. The molecule has 5 heteroatoms. The lowest BCUT2D eigenvalue weighted by Crippen LogP contribution is -2.16. The largest absolute Gasteiger partial charge is 0.384 e. The number of rotatable bonds is 3. The molecular formula is C7H14N4O. The van der Waals surface area contributed by atoms with E-state index < -0.39 is 6.10 Å². The first-order valence-corrected chi connectivity index (χ1v) is 3.97. The molecule has 1 aromatic heterocycles. The van der Waals surface area contributed by atoms with Gasteiger partial charge >= 0.3 is 0 Å². The maximum absolute atomic E-state index is 9.37. The number of hydrogen-bond acceptors (Lipinski definition) is 4. The molecule has 0 radical (unpaired) electrons. The van der Waals surface area contributed by atoms with E-state index in [0.717, 1.165) is 12.2 Å². The number of nitrogens with zero attached hydrogens (tertiary/aromatic N) is 3. The minimum Gasteiger partial charge on any atom is -0.384 e. The summed E-state index contributed by atoms with van der Waals surface area (Å²) in [6.45, 7) is 2.14. The summed E-state index contributed by atoms with van der Waals surface area (Å²) in [5, 5.41) is 13.5. The molecule has 0 amide bonds. The average Bonchev–Trinajstić information content (AvgIpc) is 2.45. The van der Waals surface area contributed by atoms with Crippen molar-refractivity contribution < 1.29 is 5.11 Å². The fourth-order valence-electron chi connectivity index (χ4n) is 0.997. The highest BCUT2D eigenvalue weighted by atomic mass is 16.3. The van der Waals surface area contributed by atoms with Crippen LogP contribution in [0.5, 0.6) is 0 Å². The van der Waals surface area contributed by atoms with Crippen LogP contribution in [-0.2, 0) is 13.5 Å². The molecule has 1 heterocycles. The van der Waals surface area contributed by atoms with E-state index in [0.29, 0.717) is 5.82 Å². The van der Waals surface area contributed by atoms with Gasteiger partial charge < -0.3 is 10.8 Å². The fraction of sp³-hybridized carbons (Fsp3) is 0.714. The Hall–Kier alpha value is -0.940. The summed E-state index contributed by atoms with van der Waals surface area (Å²) in [5.41, 5.74) is 5.29. The fourth-order valence-corrected chi connectivity index (χ4v) is 0.997. The summed E-state index contributed by atoms with van der Waals surface area (Å²) in [5.74, 6) is 1.27. The van der Waals surface area contributed by atoms with Crippen molar-refractivity contribution in [3.05, 3.63) is 11.6 Å². The van der Waals surface area contributed by atoms with Crippen LogP contribution in [-0.4, -0.2) is 26.4 Å². The van der Waals surface area contributed by atoms with Crippen LogP contribution in [0, 0.1) is 0 Å². The SMILES string of the molecule is CCc1nc(C(O)CN)n(C)n1. The number of aromatic nitrogens is 3. The maximum atomic E-state index is 9.37. The summed E-state index contributed by atoms with van der Waals surface area (Å²) < 4.78 is 1.57. The molecule has 68 valence electrons. The van der Waals surface area contributed by atoms with Gasteiger partial charge in [-0.3, -0.25) is 4.68 Å². The summed E-state index contributed by atoms with van der Waals surface area (Å²) in [4.78, 5) is 4.12. The molecule has 1 rings (SSSR count). The van der Waals surface area contributed by atoms with Crippen molar-refractivity contribution >= 4 is 0 Å². The van der Waals surface area contributed by atoms with Crippen LogP contribution in [0.4, 0.5) is 0 Å². The van der Waals surface area contributed by atoms with Crippen molar-refractivity contribution in [2.75, 3.05) is 6.54 Å². The van der Waals surface area contributed by atoms with E-state index in [4.69, 9.17) is 5.73 Å². The molecule has 1 aromatic rings. The number of aliphatic hydroxyl groups is 1. The van der Waals surface area contributed by atoms with Crippen LogP contribution in [0.3, 0.4) is 0 Å². The van der Waals surface area contributed by atoms with Gasteiger partial charge in [-0.05, 0) is 0 Å².